The van der Waals surface area contributed by atoms with Crippen molar-refractivity contribution in [1.82, 2.24) is 20.4 Å². The number of nitrogens with zero attached hydrogens (tertiary/aromatic N) is 2. The van der Waals surface area contributed by atoms with E-state index in [1.807, 2.05) is 39.0 Å². The van der Waals surface area contributed by atoms with Crippen LogP contribution in [0.4, 0.5) is 15.3 Å². The lowest BCUT2D eigenvalue weighted by atomic mass is 9.99. The summed E-state index contributed by atoms with van der Waals surface area (Å²) in [6.07, 6.45) is 0.367. The molecule has 1 heterocycles. The molecule has 0 bridgehead atoms. The number of carboxylic acids is 1. The largest absolute Gasteiger partial charge is 0.481 e. The van der Waals surface area contributed by atoms with E-state index in [1.165, 1.54) is 4.90 Å². The first kappa shape index (κ1) is 29.6. The Balaban J connectivity index is 2.04. The summed E-state index contributed by atoms with van der Waals surface area (Å²) in [7, 11) is 0. The molecule has 2 atom stereocenters. The normalized spacial score (nSPS) is 16.5. The molecule has 0 saturated carbocycles. The van der Waals surface area contributed by atoms with Crippen LogP contribution in [0.2, 0.25) is 0 Å². The van der Waals surface area contributed by atoms with Gasteiger partial charge in [-0.3, -0.25) is 14.4 Å². The fraction of sp³-hybridized carbons (Fsp3) is 0.577. The van der Waals surface area contributed by atoms with Crippen molar-refractivity contribution in [2.75, 3.05) is 18.4 Å². The molecule has 1 aliphatic rings. The maximum Gasteiger partial charge on any atom is 0.328 e. The van der Waals surface area contributed by atoms with E-state index >= 15 is 0 Å². The van der Waals surface area contributed by atoms with Crippen molar-refractivity contribution in [2.45, 2.75) is 78.4 Å². The van der Waals surface area contributed by atoms with Gasteiger partial charge in [-0.2, -0.15) is 0 Å². The van der Waals surface area contributed by atoms with Crippen molar-refractivity contribution in [3.8, 4) is 0 Å². The molecule has 1 saturated heterocycles. The SMILES string of the molecule is Cc1ccccc1NC(=O)NCCCN1C(=O)N([C@@H](CC(C)C)C(=O)N[C@H](C)CC(=O)O)C(=O)C1(C)C. The first-order chi connectivity index (χ1) is 17.2. The Bertz CT molecular complexity index is 1020. The number of rotatable bonds is 12. The summed E-state index contributed by atoms with van der Waals surface area (Å²) in [5, 5.41) is 17.2. The lowest BCUT2D eigenvalue weighted by Gasteiger charge is -2.28. The number of benzene rings is 1. The maximum atomic E-state index is 13.4. The monoisotopic (exact) mass is 517 g/mol. The van der Waals surface area contributed by atoms with Crippen LogP contribution in [0.25, 0.3) is 0 Å². The topological polar surface area (TPSA) is 148 Å². The smallest absolute Gasteiger partial charge is 0.328 e. The second-order valence-electron chi connectivity index (χ2n) is 10.4. The number of amides is 6. The molecule has 0 aliphatic carbocycles. The minimum Gasteiger partial charge on any atom is -0.481 e. The molecule has 0 spiro atoms. The highest BCUT2D eigenvalue weighted by molar-refractivity contribution is 6.09. The zero-order valence-electron chi connectivity index (χ0n) is 22.5. The van der Waals surface area contributed by atoms with E-state index in [0.29, 0.717) is 12.1 Å². The number of nitrogens with one attached hydrogen (secondary N) is 3. The first-order valence-electron chi connectivity index (χ1n) is 12.5. The average Bonchev–Trinajstić information content (AvgIpc) is 2.94. The van der Waals surface area contributed by atoms with E-state index in [-0.39, 0.29) is 37.9 Å². The van der Waals surface area contributed by atoms with Crippen LogP contribution >= 0.6 is 0 Å². The molecule has 0 aromatic heterocycles. The molecule has 37 heavy (non-hydrogen) atoms. The molecule has 11 heteroatoms. The Hall–Kier alpha value is -3.63. The third-order valence-corrected chi connectivity index (χ3v) is 6.27. The quantitative estimate of drug-likeness (QED) is 0.247. The van der Waals surface area contributed by atoms with Gasteiger partial charge in [-0.1, -0.05) is 32.0 Å². The molecular formula is C26H39N5O6. The van der Waals surface area contributed by atoms with Crippen molar-refractivity contribution in [3.63, 3.8) is 0 Å². The van der Waals surface area contributed by atoms with Gasteiger partial charge >= 0.3 is 18.0 Å². The molecule has 1 aromatic carbocycles. The van der Waals surface area contributed by atoms with Crippen molar-refractivity contribution < 1.29 is 29.1 Å². The summed E-state index contributed by atoms with van der Waals surface area (Å²) in [5.74, 6) is -2.11. The van der Waals surface area contributed by atoms with Crippen LogP contribution in [0.5, 0.6) is 0 Å². The highest BCUT2D eigenvalue weighted by Crippen LogP contribution is 2.31. The molecule has 11 nitrogen and oxygen atoms in total. The molecule has 204 valence electrons. The van der Waals surface area contributed by atoms with Crippen molar-refractivity contribution in [1.29, 1.82) is 0 Å². The van der Waals surface area contributed by atoms with Crippen molar-refractivity contribution in [3.05, 3.63) is 29.8 Å². The standard InChI is InChI=1S/C26H39N5O6/c1-16(2)14-20(22(34)28-18(4)15-21(32)33)31-23(35)26(5,6)30(25(31)37)13-9-12-27-24(36)29-19-11-8-7-10-17(19)3/h7-8,10-11,16,18,20H,9,12-15H2,1-6H3,(H,28,34)(H,32,33)(H2,27,29,36)/t18-,20+/m1/s1. The summed E-state index contributed by atoms with van der Waals surface area (Å²) in [6, 6.07) is 4.72. The van der Waals surface area contributed by atoms with Gasteiger partial charge in [-0.25, -0.2) is 14.5 Å². The minimum absolute atomic E-state index is 0.000689. The minimum atomic E-state index is -1.18. The number of urea groups is 2. The van der Waals surface area contributed by atoms with E-state index < -0.39 is 41.4 Å². The summed E-state index contributed by atoms with van der Waals surface area (Å²) in [5.41, 5.74) is 0.449. The number of imide groups is 1. The zero-order chi connectivity index (χ0) is 27.9. The zero-order valence-corrected chi connectivity index (χ0v) is 22.5. The lowest BCUT2D eigenvalue weighted by Crippen LogP contribution is -2.53. The van der Waals surface area contributed by atoms with Gasteiger partial charge < -0.3 is 26.0 Å². The van der Waals surface area contributed by atoms with Crippen LogP contribution in [0.3, 0.4) is 0 Å². The second-order valence-corrected chi connectivity index (χ2v) is 10.4. The summed E-state index contributed by atoms with van der Waals surface area (Å²) < 4.78 is 0. The number of hydrogen-bond acceptors (Lipinski definition) is 5. The van der Waals surface area contributed by atoms with E-state index in [4.69, 9.17) is 5.11 Å². The van der Waals surface area contributed by atoms with Gasteiger partial charge in [0.15, 0.2) is 0 Å². The van der Waals surface area contributed by atoms with Crippen LogP contribution in [0.15, 0.2) is 24.3 Å². The van der Waals surface area contributed by atoms with Crippen molar-refractivity contribution >= 4 is 35.5 Å². The highest BCUT2D eigenvalue weighted by atomic mass is 16.4. The molecule has 1 fully saturated rings. The second kappa shape index (κ2) is 12.6. The first-order valence-corrected chi connectivity index (χ1v) is 12.5. The predicted octanol–water partition coefficient (Wildman–Crippen LogP) is 2.94. The van der Waals surface area contributed by atoms with Gasteiger partial charge in [-0.15, -0.1) is 0 Å². The number of aliphatic carboxylic acids is 1. The van der Waals surface area contributed by atoms with Crippen molar-refractivity contribution in [2.24, 2.45) is 5.92 Å². The van der Waals surface area contributed by atoms with Gasteiger partial charge in [0, 0.05) is 24.8 Å². The summed E-state index contributed by atoms with van der Waals surface area (Å²) >= 11 is 0. The van der Waals surface area contributed by atoms with E-state index in [1.54, 1.807) is 26.8 Å². The molecule has 1 aromatic rings. The third-order valence-electron chi connectivity index (χ3n) is 6.27. The van der Waals surface area contributed by atoms with Gasteiger partial charge in [0.2, 0.25) is 5.91 Å². The summed E-state index contributed by atoms with van der Waals surface area (Å²) in [6.45, 7) is 10.9. The molecule has 4 N–H and O–H groups in total. The van der Waals surface area contributed by atoms with Gasteiger partial charge in [-0.05, 0) is 58.1 Å². The van der Waals surface area contributed by atoms with E-state index in [9.17, 15) is 24.0 Å². The molecule has 0 radical (unpaired) electrons. The fourth-order valence-electron chi connectivity index (χ4n) is 4.26. The molecular weight excluding hydrogens is 478 g/mol. The Morgan fingerprint density at radius 2 is 1.73 bits per heavy atom. The number of anilines is 1. The van der Waals surface area contributed by atoms with E-state index in [0.717, 1.165) is 10.5 Å². The maximum absolute atomic E-state index is 13.4. The third kappa shape index (κ3) is 7.68. The van der Waals surface area contributed by atoms with E-state index in [2.05, 4.69) is 16.0 Å². The number of carbonyl (C=O) groups is 5. The molecule has 2 rings (SSSR count). The van der Waals surface area contributed by atoms with Gasteiger partial charge in [0.1, 0.15) is 11.6 Å². The van der Waals surface area contributed by atoms with Crippen LogP contribution < -0.4 is 16.0 Å². The number of carboxylic acid groups (broad SMARTS) is 1. The van der Waals surface area contributed by atoms with Gasteiger partial charge in [0.25, 0.3) is 5.91 Å². The van der Waals surface area contributed by atoms with Gasteiger partial charge in [0.05, 0.1) is 6.42 Å². The lowest BCUT2D eigenvalue weighted by molar-refractivity contribution is -0.140. The Morgan fingerprint density at radius 3 is 2.32 bits per heavy atom. The number of carbonyl (C=O) groups excluding carboxylic acids is 4. The fourth-order valence-corrected chi connectivity index (χ4v) is 4.26. The van der Waals surface area contributed by atoms with Crippen LogP contribution in [0, 0.1) is 12.8 Å². The predicted molar refractivity (Wildman–Crippen MR) is 139 cm³/mol. The van der Waals surface area contributed by atoms with Crippen LogP contribution in [0.1, 0.15) is 59.4 Å². The molecule has 6 amide bonds. The Morgan fingerprint density at radius 1 is 1.08 bits per heavy atom. The number of para-hydroxylation sites is 1. The highest BCUT2D eigenvalue weighted by Gasteiger charge is 2.54. The number of hydrogen-bond donors (Lipinski definition) is 4. The molecule has 1 aliphatic heterocycles. The van der Waals surface area contributed by atoms with Crippen LogP contribution in [-0.4, -0.2) is 75.5 Å². The molecule has 0 unspecified atom stereocenters. The Kier molecular flexibility index (Phi) is 10.0. The average molecular weight is 518 g/mol. The summed E-state index contributed by atoms with van der Waals surface area (Å²) in [4.78, 5) is 65.4. The van der Waals surface area contributed by atoms with Crippen LogP contribution in [-0.2, 0) is 14.4 Å². The Labute approximate surface area is 217 Å². The number of aryl methyl sites for hydroxylation is 1.